The Balaban J connectivity index is 1.59. The van der Waals surface area contributed by atoms with Crippen LogP contribution in [0.15, 0.2) is 42.5 Å². The fraction of sp³-hybridized carbons (Fsp3) is 0.423. The van der Waals surface area contributed by atoms with Crippen molar-refractivity contribution < 1.29 is 19.1 Å². The zero-order chi connectivity index (χ0) is 26.9. The minimum absolute atomic E-state index is 0.00797. The third kappa shape index (κ3) is 5.63. The van der Waals surface area contributed by atoms with Gasteiger partial charge in [0.05, 0.1) is 20.2 Å². The van der Waals surface area contributed by atoms with Crippen LogP contribution in [-0.2, 0) is 22.7 Å². The van der Waals surface area contributed by atoms with Crippen molar-refractivity contribution in [3.05, 3.63) is 63.6 Å². The highest BCUT2D eigenvalue weighted by Crippen LogP contribution is 2.31. The number of likely N-dealkylation sites (N-methyl/N-ethyl adjacent to an activating group) is 1. The van der Waals surface area contributed by atoms with Gasteiger partial charge in [0.25, 0.3) is 0 Å². The maximum atomic E-state index is 13.6. The molecule has 37 heavy (non-hydrogen) atoms. The first-order valence-corrected chi connectivity index (χ1v) is 12.8. The van der Waals surface area contributed by atoms with Crippen LogP contribution in [0.1, 0.15) is 25.0 Å². The van der Waals surface area contributed by atoms with Crippen LogP contribution in [0, 0.1) is 5.92 Å². The van der Waals surface area contributed by atoms with Gasteiger partial charge in [-0.05, 0) is 41.3 Å². The number of amides is 4. The van der Waals surface area contributed by atoms with Gasteiger partial charge in [0, 0.05) is 30.2 Å². The lowest BCUT2D eigenvalue weighted by Crippen LogP contribution is -2.76. The predicted octanol–water partition coefficient (Wildman–Crippen LogP) is 3.60. The molecular formula is C26H31Cl2N5O4. The summed E-state index contributed by atoms with van der Waals surface area (Å²) in [4.78, 5) is 43.4. The zero-order valence-electron chi connectivity index (χ0n) is 21.3. The van der Waals surface area contributed by atoms with Gasteiger partial charge in [-0.1, -0.05) is 55.2 Å². The minimum atomic E-state index is -0.706. The smallest absolute Gasteiger partial charge is 0.334 e. The van der Waals surface area contributed by atoms with Crippen molar-refractivity contribution in [2.45, 2.75) is 39.1 Å². The largest absolute Gasteiger partial charge is 0.497 e. The molecule has 2 aliphatic rings. The number of nitrogens with one attached hydrogen (secondary N) is 1. The number of ether oxygens (including phenoxy) is 1. The topological polar surface area (TPSA) is 85.4 Å². The second-order valence-corrected chi connectivity index (χ2v) is 10.4. The number of carbonyl (C=O) groups is 3. The summed E-state index contributed by atoms with van der Waals surface area (Å²) in [6.45, 7) is 4.47. The average molecular weight is 548 g/mol. The summed E-state index contributed by atoms with van der Waals surface area (Å²) < 4.78 is 5.19. The third-order valence-electron chi connectivity index (χ3n) is 6.69. The van der Waals surface area contributed by atoms with Crippen molar-refractivity contribution in [3.8, 4) is 5.75 Å². The lowest BCUT2D eigenvalue weighted by Gasteiger charge is -2.55. The van der Waals surface area contributed by atoms with Gasteiger partial charge in [0.15, 0.2) is 0 Å². The summed E-state index contributed by atoms with van der Waals surface area (Å²) in [5, 5.41) is 7.04. The van der Waals surface area contributed by atoms with E-state index >= 15 is 0 Å². The standard InChI is InChI=1S/C26H31Cl2N5O4/c1-16(2)24-25(35)31(13-18-7-8-19(27)11-21(18)28)14-22-32(24)23(34)15-30(3)33(22)26(36)29-12-17-5-9-20(37-4)10-6-17/h5-11,16,22,24H,12-15H2,1-4H3,(H,29,36)/t22-,24-/m0/s1. The van der Waals surface area contributed by atoms with Gasteiger partial charge in [0.1, 0.15) is 18.0 Å². The molecule has 2 aromatic rings. The molecule has 2 heterocycles. The van der Waals surface area contributed by atoms with E-state index in [1.54, 1.807) is 47.2 Å². The molecule has 0 saturated carbocycles. The van der Waals surface area contributed by atoms with Crippen LogP contribution in [0.2, 0.25) is 10.0 Å². The summed E-state index contributed by atoms with van der Waals surface area (Å²) >= 11 is 12.4. The molecule has 9 nitrogen and oxygen atoms in total. The number of methoxy groups -OCH3 is 1. The molecule has 2 atom stereocenters. The molecule has 0 spiro atoms. The average Bonchev–Trinajstić information content (AvgIpc) is 2.85. The molecule has 1 N–H and O–H groups in total. The number of hydrogen-bond acceptors (Lipinski definition) is 5. The maximum absolute atomic E-state index is 13.6. The minimum Gasteiger partial charge on any atom is -0.497 e. The van der Waals surface area contributed by atoms with Crippen LogP contribution in [0.3, 0.4) is 0 Å². The fourth-order valence-electron chi connectivity index (χ4n) is 4.86. The maximum Gasteiger partial charge on any atom is 0.334 e. The molecule has 0 aliphatic carbocycles. The molecular weight excluding hydrogens is 517 g/mol. The first kappa shape index (κ1) is 27.0. The Morgan fingerprint density at radius 1 is 1.14 bits per heavy atom. The van der Waals surface area contributed by atoms with Crippen molar-refractivity contribution in [2.75, 3.05) is 27.2 Å². The zero-order valence-corrected chi connectivity index (χ0v) is 22.8. The van der Waals surface area contributed by atoms with E-state index in [1.165, 1.54) is 5.01 Å². The predicted molar refractivity (Wildman–Crippen MR) is 141 cm³/mol. The van der Waals surface area contributed by atoms with Crippen LogP contribution < -0.4 is 10.1 Å². The van der Waals surface area contributed by atoms with Crippen molar-refractivity contribution in [1.29, 1.82) is 0 Å². The third-order valence-corrected chi connectivity index (χ3v) is 7.28. The fourth-order valence-corrected chi connectivity index (χ4v) is 5.33. The van der Waals surface area contributed by atoms with E-state index in [-0.39, 0.29) is 43.4 Å². The molecule has 0 unspecified atom stereocenters. The van der Waals surface area contributed by atoms with Crippen LogP contribution in [0.25, 0.3) is 0 Å². The summed E-state index contributed by atoms with van der Waals surface area (Å²) in [5.74, 6) is 0.208. The van der Waals surface area contributed by atoms with Gasteiger partial charge in [-0.15, -0.1) is 0 Å². The highest BCUT2D eigenvalue weighted by molar-refractivity contribution is 6.35. The Morgan fingerprint density at radius 3 is 2.46 bits per heavy atom. The molecule has 2 saturated heterocycles. The van der Waals surface area contributed by atoms with Crippen LogP contribution >= 0.6 is 23.2 Å². The number of nitrogens with zero attached hydrogens (tertiary/aromatic N) is 4. The number of benzene rings is 2. The lowest BCUT2D eigenvalue weighted by molar-refractivity contribution is -0.190. The first-order valence-electron chi connectivity index (χ1n) is 12.1. The van der Waals surface area contributed by atoms with E-state index in [0.717, 1.165) is 16.9 Å². The van der Waals surface area contributed by atoms with Crippen LogP contribution in [0.5, 0.6) is 5.75 Å². The van der Waals surface area contributed by atoms with Crippen LogP contribution in [0.4, 0.5) is 4.79 Å². The Morgan fingerprint density at radius 2 is 1.84 bits per heavy atom. The Kier molecular flexibility index (Phi) is 8.16. The molecule has 4 amide bonds. The van der Waals surface area contributed by atoms with Gasteiger partial charge in [-0.2, -0.15) is 0 Å². The van der Waals surface area contributed by atoms with Crippen molar-refractivity contribution >= 4 is 41.0 Å². The van der Waals surface area contributed by atoms with Gasteiger partial charge in [-0.3, -0.25) is 9.59 Å². The van der Waals surface area contributed by atoms with E-state index in [0.29, 0.717) is 16.6 Å². The summed E-state index contributed by atoms with van der Waals surface area (Å²) in [5.41, 5.74) is 1.64. The number of fused-ring (bicyclic) bond motifs is 1. The quantitative estimate of drug-likeness (QED) is 0.597. The normalized spacial score (nSPS) is 20.4. The molecule has 0 radical (unpaired) electrons. The van der Waals surface area contributed by atoms with Crippen molar-refractivity contribution in [1.82, 2.24) is 25.1 Å². The van der Waals surface area contributed by atoms with E-state index < -0.39 is 12.2 Å². The lowest BCUT2D eigenvalue weighted by atomic mass is 9.96. The molecule has 4 rings (SSSR count). The number of urea groups is 1. The summed E-state index contributed by atoms with van der Waals surface area (Å²) in [7, 11) is 3.29. The molecule has 2 fully saturated rings. The number of hydrazine groups is 1. The monoisotopic (exact) mass is 547 g/mol. The van der Waals surface area contributed by atoms with Crippen molar-refractivity contribution in [2.24, 2.45) is 5.92 Å². The number of rotatable bonds is 6. The van der Waals surface area contributed by atoms with E-state index in [2.05, 4.69) is 5.32 Å². The second kappa shape index (κ2) is 11.2. The van der Waals surface area contributed by atoms with E-state index in [4.69, 9.17) is 27.9 Å². The highest BCUT2D eigenvalue weighted by atomic mass is 35.5. The first-order chi connectivity index (χ1) is 17.6. The molecule has 0 bridgehead atoms. The summed E-state index contributed by atoms with van der Waals surface area (Å²) in [6.07, 6.45) is -0.668. The van der Waals surface area contributed by atoms with E-state index in [1.807, 2.05) is 38.1 Å². The molecule has 198 valence electrons. The Labute approximate surface area is 226 Å². The number of carbonyl (C=O) groups excluding carboxylic acids is 3. The number of hydrogen-bond donors (Lipinski definition) is 1. The Bertz CT molecular complexity index is 1180. The second-order valence-electron chi connectivity index (χ2n) is 9.59. The van der Waals surface area contributed by atoms with Gasteiger partial charge in [-0.25, -0.2) is 14.8 Å². The molecule has 0 aromatic heterocycles. The van der Waals surface area contributed by atoms with Gasteiger partial charge in [0.2, 0.25) is 11.8 Å². The molecule has 2 aromatic carbocycles. The Hall–Kier alpha value is -3.01. The van der Waals surface area contributed by atoms with Crippen molar-refractivity contribution in [3.63, 3.8) is 0 Å². The van der Waals surface area contributed by atoms with Gasteiger partial charge >= 0.3 is 6.03 Å². The van der Waals surface area contributed by atoms with Crippen LogP contribution in [-0.4, -0.2) is 77.1 Å². The van der Waals surface area contributed by atoms with Gasteiger partial charge < -0.3 is 19.9 Å². The summed E-state index contributed by atoms with van der Waals surface area (Å²) in [6, 6.07) is 11.5. The number of piperazine rings is 1. The van der Waals surface area contributed by atoms with E-state index in [9.17, 15) is 14.4 Å². The SMILES string of the molecule is COc1ccc(CNC(=O)N2[C@H]3CN(Cc4ccc(Cl)cc4Cl)C(=O)[C@H](C(C)C)N3C(=O)CN2C)cc1. The number of halogens is 2. The highest BCUT2D eigenvalue weighted by Gasteiger charge is 2.51. The molecule has 2 aliphatic heterocycles. The molecule has 11 heteroatoms.